The van der Waals surface area contributed by atoms with Crippen LogP contribution in [-0.4, -0.2) is 74.6 Å². The first-order chi connectivity index (χ1) is 15.4. The average molecular weight is 460 g/mol. The molecular formula is C22H26FN5O3S. The van der Waals surface area contributed by atoms with Gasteiger partial charge in [0.25, 0.3) is 5.19 Å². The lowest BCUT2D eigenvalue weighted by Gasteiger charge is -2.50. The molecular weight excluding hydrogens is 433 g/mol. The van der Waals surface area contributed by atoms with Gasteiger partial charge in [0.1, 0.15) is 11.9 Å². The van der Waals surface area contributed by atoms with Crippen molar-refractivity contribution in [3.63, 3.8) is 0 Å². The zero-order valence-electron chi connectivity index (χ0n) is 18.2. The Bertz CT molecular complexity index is 1100. The van der Waals surface area contributed by atoms with Gasteiger partial charge in [-0.15, -0.1) is 5.10 Å². The molecule has 2 fully saturated rings. The number of hydrogen-bond acceptors (Lipinski definition) is 8. The number of aromatic hydroxyl groups is 1. The van der Waals surface area contributed by atoms with Crippen LogP contribution in [0.2, 0.25) is 0 Å². The number of hydrogen-bond donors (Lipinski definition) is 1. The number of fused-ring (bicyclic) bond motifs is 2. The minimum absolute atomic E-state index is 0.0705. The SMILES string of the molecule is COC1CC2CC(Oc3nnc(-c4ccc(-n5ccc(C)n5)cc4O)s3)C(F)C(C1)N2C. The minimum Gasteiger partial charge on any atom is -0.507 e. The van der Waals surface area contributed by atoms with Crippen molar-refractivity contribution in [1.29, 1.82) is 0 Å². The quantitative estimate of drug-likeness (QED) is 0.626. The van der Waals surface area contributed by atoms with E-state index in [0.717, 1.165) is 17.8 Å². The number of rotatable bonds is 5. The van der Waals surface area contributed by atoms with E-state index < -0.39 is 12.3 Å². The summed E-state index contributed by atoms with van der Waals surface area (Å²) in [7, 11) is 3.66. The maximum atomic E-state index is 15.3. The molecule has 0 saturated carbocycles. The van der Waals surface area contributed by atoms with Gasteiger partial charge in [0, 0.05) is 37.9 Å². The number of benzene rings is 1. The molecule has 0 radical (unpaired) electrons. The van der Waals surface area contributed by atoms with Crippen molar-refractivity contribution in [3.8, 4) is 27.2 Å². The Morgan fingerprint density at radius 1 is 1.19 bits per heavy atom. The van der Waals surface area contributed by atoms with Gasteiger partial charge in [0.15, 0.2) is 11.2 Å². The second kappa shape index (κ2) is 8.42. The number of piperidine rings is 2. The fourth-order valence-electron chi connectivity index (χ4n) is 4.74. The Morgan fingerprint density at radius 2 is 2.03 bits per heavy atom. The summed E-state index contributed by atoms with van der Waals surface area (Å²) in [5, 5.41) is 24.0. The molecule has 3 aromatic rings. The normalized spacial score (nSPS) is 28.1. The van der Waals surface area contributed by atoms with Crippen LogP contribution in [-0.2, 0) is 4.74 Å². The first-order valence-electron chi connectivity index (χ1n) is 10.7. The van der Waals surface area contributed by atoms with Crippen LogP contribution in [0.3, 0.4) is 0 Å². The maximum absolute atomic E-state index is 15.3. The third-order valence-electron chi connectivity index (χ3n) is 6.56. The molecule has 2 saturated heterocycles. The summed E-state index contributed by atoms with van der Waals surface area (Å²) >= 11 is 1.20. The Balaban J connectivity index is 1.31. The van der Waals surface area contributed by atoms with Crippen molar-refractivity contribution in [2.75, 3.05) is 14.2 Å². The minimum atomic E-state index is -1.13. The van der Waals surface area contributed by atoms with Crippen LogP contribution in [0.5, 0.6) is 10.9 Å². The van der Waals surface area contributed by atoms with Crippen molar-refractivity contribution < 1.29 is 19.0 Å². The van der Waals surface area contributed by atoms with E-state index >= 15 is 4.39 Å². The zero-order valence-corrected chi connectivity index (χ0v) is 19.0. The summed E-state index contributed by atoms with van der Waals surface area (Å²) in [6.07, 6.45) is 2.32. The number of halogens is 1. The summed E-state index contributed by atoms with van der Waals surface area (Å²) in [6.45, 7) is 1.91. The molecule has 0 aliphatic carbocycles. The number of phenols is 1. The third-order valence-corrected chi connectivity index (χ3v) is 7.40. The number of ether oxygens (including phenoxy) is 2. The van der Waals surface area contributed by atoms with Crippen molar-refractivity contribution in [3.05, 3.63) is 36.2 Å². The molecule has 2 bridgehead atoms. The Labute approximate surface area is 189 Å². The molecule has 5 atom stereocenters. The van der Waals surface area contributed by atoms with Crippen LogP contribution in [0.4, 0.5) is 4.39 Å². The van der Waals surface area contributed by atoms with Crippen LogP contribution in [0.15, 0.2) is 30.5 Å². The van der Waals surface area contributed by atoms with E-state index in [1.165, 1.54) is 11.3 Å². The molecule has 4 heterocycles. The molecule has 10 heteroatoms. The molecule has 1 N–H and O–H groups in total. The number of aromatic nitrogens is 4. The maximum Gasteiger partial charge on any atom is 0.294 e. The molecule has 2 aliphatic rings. The molecule has 0 spiro atoms. The highest BCUT2D eigenvalue weighted by Crippen LogP contribution is 2.39. The Kier molecular flexibility index (Phi) is 5.60. The van der Waals surface area contributed by atoms with E-state index in [1.54, 1.807) is 23.9 Å². The zero-order chi connectivity index (χ0) is 22.4. The lowest BCUT2D eigenvalue weighted by atomic mass is 9.80. The van der Waals surface area contributed by atoms with Crippen molar-refractivity contribution in [2.24, 2.45) is 0 Å². The van der Waals surface area contributed by atoms with E-state index in [-0.39, 0.29) is 23.9 Å². The lowest BCUT2D eigenvalue weighted by Crippen LogP contribution is -2.62. The Morgan fingerprint density at radius 3 is 2.75 bits per heavy atom. The smallest absolute Gasteiger partial charge is 0.294 e. The first-order valence-corrected chi connectivity index (χ1v) is 11.5. The van der Waals surface area contributed by atoms with Gasteiger partial charge in [-0.05, 0) is 45.0 Å². The van der Waals surface area contributed by atoms with Gasteiger partial charge in [-0.1, -0.05) is 16.4 Å². The van der Waals surface area contributed by atoms with Crippen molar-refractivity contribution in [2.45, 2.75) is 56.6 Å². The number of nitrogens with zero attached hydrogens (tertiary/aromatic N) is 5. The molecule has 5 unspecified atom stereocenters. The van der Waals surface area contributed by atoms with Gasteiger partial charge >= 0.3 is 0 Å². The number of methoxy groups -OCH3 is 1. The van der Waals surface area contributed by atoms with Gasteiger partial charge in [0.2, 0.25) is 0 Å². The van der Waals surface area contributed by atoms with Crippen LogP contribution >= 0.6 is 11.3 Å². The number of aryl methyl sites for hydroxylation is 1. The van der Waals surface area contributed by atoms with E-state index in [0.29, 0.717) is 28.6 Å². The number of alkyl halides is 1. The van der Waals surface area contributed by atoms with E-state index in [1.807, 2.05) is 32.3 Å². The second-order valence-electron chi connectivity index (χ2n) is 8.53. The third kappa shape index (κ3) is 3.87. The average Bonchev–Trinajstić information content (AvgIpc) is 3.41. The first kappa shape index (κ1) is 21.3. The molecule has 2 aromatic heterocycles. The summed E-state index contributed by atoms with van der Waals surface area (Å²) in [6, 6.07) is 7.13. The fourth-order valence-corrected chi connectivity index (χ4v) is 5.52. The lowest BCUT2D eigenvalue weighted by molar-refractivity contribution is -0.101. The van der Waals surface area contributed by atoms with Gasteiger partial charge < -0.3 is 14.6 Å². The molecule has 8 nitrogen and oxygen atoms in total. The van der Waals surface area contributed by atoms with Crippen LogP contribution in [0.25, 0.3) is 16.3 Å². The molecule has 5 rings (SSSR count). The largest absolute Gasteiger partial charge is 0.507 e. The molecule has 170 valence electrons. The molecule has 2 aliphatic heterocycles. The summed E-state index contributed by atoms with van der Waals surface area (Å²) < 4.78 is 28.4. The van der Waals surface area contributed by atoms with Gasteiger partial charge in [0.05, 0.1) is 23.0 Å². The van der Waals surface area contributed by atoms with Crippen molar-refractivity contribution in [1.82, 2.24) is 24.9 Å². The fraction of sp³-hybridized carbons (Fsp3) is 0.500. The van der Waals surface area contributed by atoms with Crippen molar-refractivity contribution >= 4 is 11.3 Å². The summed E-state index contributed by atoms with van der Waals surface area (Å²) in [5.41, 5.74) is 2.18. The monoisotopic (exact) mass is 459 g/mol. The highest BCUT2D eigenvalue weighted by Gasteiger charge is 2.48. The molecule has 1 aromatic carbocycles. The standard InChI is InChI=1S/C22H26FN5O3S/c1-12-6-7-28(26-12)13-4-5-16(18(29)9-13)21-24-25-22(32-21)31-19-10-14-8-15(30-3)11-17(20(19)23)27(14)2/h4-7,9,14-15,17,19-20,29H,8,10-11H2,1-3H3. The highest BCUT2D eigenvalue weighted by atomic mass is 32.1. The molecule has 0 amide bonds. The predicted octanol–water partition coefficient (Wildman–Crippen LogP) is 3.37. The number of phenolic OH excluding ortho intramolecular Hbond substituents is 1. The summed E-state index contributed by atoms with van der Waals surface area (Å²) in [5.74, 6) is 0.0705. The van der Waals surface area contributed by atoms with E-state index in [4.69, 9.17) is 9.47 Å². The summed E-state index contributed by atoms with van der Waals surface area (Å²) in [4.78, 5) is 2.12. The van der Waals surface area contributed by atoms with Crippen LogP contribution in [0, 0.1) is 6.92 Å². The van der Waals surface area contributed by atoms with E-state index in [2.05, 4.69) is 20.2 Å². The predicted molar refractivity (Wildman–Crippen MR) is 118 cm³/mol. The molecule has 32 heavy (non-hydrogen) atoms. The van der Waals surface area contributed by atoms with Gasteiger partial charge in [-0.25, -0.2) is 9.07 Å². The second-order valence-corrected chi connectivity index (χ2v) is 9.47. The highest BCUT2D eigenvalue weighted by molar-refractivity contribution is 7.16. The van der Waals surface area contributed by atoms with Gasteiger partial charge in [-0.2, -0.15) is 5.10 Å². The van der Waals surface area contributed by atoms with Gasteiger partial charge in [-0.3, -0.25) is 4.90 Å². The van der Waals surface area contributed by atoms with E-state index in [9.17, 15) is 5.11 Å². The van der Waals surface area contributed by atoms with Crippen LogP contribution < -0.4 is 4.74 Å². The topological polar surface area (TPSA) is 85.5 Å². The van der Waals surface area contributed by atoms with Crippen LogP contribution in [0.1, 0.15) is 25.0 Å². The Hall–Kier alpha value is -2.56.